The highest BCUT2D eigenvalue weighted by Gasteiger charge is 2.33. The van der Waals surface area contributed by atoms with Crippen LogP contribution in [0.1, 0.15) is 34.1 Å². The van der Waals surface area contributed by atoms with Crippen LogP contribution in [0.3, 0.4) is 0 Å². The van der Waals surface area contributed by atoms with Crippen LogP contribution < -0.4 is 5.73 Å². The molecule has 1 atom stereocenters. The molecule has 1 aliphatic heterocycles. The minimum Gasteiger partial charge on any atom is -0.464 e. The van der Waals surface area contributed by atoms with Gasteiger partial charge in [-0.2, -0.15) is 0 Å². The molecule has 0 aromatic heterocycles. The maximum Gasteiger partial charge on any atom is 0.410 e. The lowest BCUT2D eigenvalue weighted by atomic mass is 9.97. The lowest BCUT2D eigenvalue weighted by Crippen LogP contribution is -2.48. The highest BCUT2D eigenvalue weighted by Crippen LogP contribution is 2.23. The molecule has 0 fully saturated rings. The standard InChI is InChI=1S/C14H23N3O4/c1-8-6-10(15)9(11(16)12(18)20-5)7-17(8)13(19)21-14(2,3)4/h8,16H,6-7,15H2,1-5H3. The number of nitrogens with zero attached hydrogens (tertiary/aromatic N) is 1. The van der Waals surface area contributed by atoms with E-state index in [0.29, 0.717) is 17.7 Å². The predicted octanol–water partition coefficient (Wildman–Crippen LogP) is 1.42. The van der Waals surface area contributed by atoms with Gasteiger partial charge in [-0.1, -0.05) is 0 Å². The molecule has 0 spiro atoms. The van der Waals surface area contributed by atoms with Crippen molar-refractivity contribution in [3.05, 3.63) is 11.3 Å². The number of esters is 1. The smallest absolute Gasteiger partial charge is 0.410 e. The van der Waals surface area contributed by atoms with E-state index < -0.39 is 17.7 Å². The van der Waals surface area contributed by atoms with Gasteiger partial charge in [0.1, 0.15) is 11.3 Å². The zero-order valence-electron chi connectivity index (χ0n) is 13.1. The minimum absolute atomic E-state index is 0.0653. The summed E-state index contributed by atoms with van der Waals surface area (Å²) in [6.45, 7) is 7.24. The fourth-order valence-corrected chi connectivity index (χ4v) is 2.01. The van der Waals surface area contributed by atoms with E-state index in [1.165, 1.54) is 12.0 Å². The second-order valence-electron chi connectivity index (χ2n) is 6.03. The van der Waals surface area contributed by atoms with Crippen LogP contribution in [0.25, 0.3) is 0 Å². The number of rotatable bonds is 2. The van der Waals surface area contributed by atoms with Gasteiger partial charge in [-0.3, -0.25) is 5.41 Å². The Balaban J connectivity index is 2.95. The van der Waals surface area contributed by atoms with Crippen LogP contribution in [-0.4, -0.2) is 48.0 Å². The molecule has 0 bridgehead atoms. The lowest BCUT2D eigenvalue weighted by Gasteiger charge is -2.36. The molecule has 1 aliphatic rings. The Morgan fingerprint density at radius 2 is 1.95 bits per heavy atom. The van der Waals surface area contributed by atoms with Crippen LogP contribution in [0.5, 0.6) is 0 Å². The number of nitrogens with one attached hydrogen (secondary N) is 1. The van der Waals surface area contributed by atoms with Crippen molar-refractivity contribution in [1.29, 1.82) is 5.41 Å². The van der Waals surface area contributed by atoms with E-state index in [-0.39, 0.29) is 18.3 Å². The van der Waals surface area contributed by atoms with Crippen LogP contribution in [-0.2, 0) is 14.3 Å². The molecule has 21 heavy (non-hydrogen) atoms. The Kier molecular flexibility index (Phi) is 4.98. The minimum atomic E-state index is -0.772. The van der Waals surface area contributed by atoms with Crippen molar-refractivity contribution < 1.29 is 19.1 Å². The topological polar surface area (TPSA) is 106 Å². The number of hydrogen-bond acceptors (Lipinski definition) is 6. The SMILES string of the molecule is COC(=O)C(=N)C1=C(N)CC(C)N(C(=O)OC(C)(C)C)C1. The molecule has 3 N–H and O–H groups in total. The number of amides is 1. The van der Waals surface area contributed by atoms with Crippen molar-refractivity contribution in [2.75, 3.05) is 13.7 Å². The highest BCUT2D eigenvalue weighted by molar-refractivity contribution is 6.42. The largest absolute Gasteiger partial charge is 0.464 e. The van der Waals surface area contributed by atoms with E-state index in [1.54, 1.807) is 20.8 Å². The van der Waals surface area contributed by atoms with Gasteiger partial charge in [0, 0.05) is 23.7 Å². The summed E-state index contributed by atoms with van der Waals surface area (Å²) in [5.41, 5.74) is 5.71. The molecular formula is C14H23N3O4. The summed E-state index contributed by atoms with van der Waals surface area (Å²) in [7, 11) is 1.20. The van der Waals surface area contributed by atoms with Gasteiger partial charge in [0.2, 0.25) is 0 Å². The second-order valence-corrected chi connectivity index (χ2v) is 6.03. The van der Waals surface area contributed by atoms with E-state index in [2.05, 4.69) is 4.74 Å². The summed E-state index contributed by atoms with van der Waals surface area (Å²) in [5, 5.41) is 7.81. The summed E-state index contributed by atoms with van der Waals surface area (Å²) in [4.78, 5) is 25.1. The van der Waals surface area contributed by atoms with Gasteiger partial charge in [-0.25, -0.2) is 9.59 Å². The molecule has 0 aliphatic carbocycles. The fraction of sp³-hybridized carbons (Fsp3) is 0.643. The van der Waals surface area contributed by atoms with Crippen LogP contribution in [0.2, 0.25) is 0 Å². The quantitative estimate of drug-likeness (QED) is 0.592. The number of hydrogen-bond donors (Lipinski definition) is 2. The Morgan fingerprint density at radius 3 is 2.43 bits per heavy atom. The number of methoxy groups -OCH3 is 1. The zero-order chi connectivity index (χ0) is 16.4. The summed E-state index contributed by atoms with van der Waals surface area (Å²) >= 11 is 0. The highest BCUT2D eigenvalue weighted by atomic mass is 16.6. The van der Waals surface area contributed by atoms with Crippen molar-refractivity contribution in [3.8, 4) is 0 Å². The number of carbonyl (C=O) groups excluding carboxylic acids is 2. The monoisotopic (exact) mass is 297 g/mol. The first-order chi connectivity index (χ1) is 9.56. The molecule has 7 nitrogen and oxygen atoms in total. The molecule has 0 saturated heterocycles. The molecule has 1 amide bonds. The zero-order valence-corrected chi connectivity index (χ0v) is 13.1. The van der Waals surface area contributed by atoms with Gasteiger partial charge in [0.15, 0.2) is 0 Å². The first-order valence-corrected chi connectivity index (χ1v) is 6.71. The average molecular weight is 297 g/mol. The van der Waals surface area contributed by atoms with Crippen LogP contribution in [0, 0.1) is 5.41 Å². The summed E-state index contributed by atoms with van der Waals surface area (Å²) in [5.74, 6) is -0.772. The number of ether oxygens (including phenoxy) is 2. The summed E-state index contributed by atoms with van der Waals surface area (Å²) in [6, 6.07) is -0.158. The first kappa shape index (κ1) is 17.0. The predicted molar refractivity (Wildman–Crippen MR) is 78.0 cm³/mol. The Labute approximate surface area is 124 Å². The van der Waals surface area contributed by atoms with Crippen molar-refractivity contribution in [1.82, 2.24) is 4.90 Å². The van der Waals surface area contributed by atoms with Gasteiger partial charge in [0.25, 0.3) is 0 Å². The van der Waals surface area contributed by atoms with Crippen LogP contribution >= 0.6 is 0 Å². The third kappa shape index (κ3) is 4.21. The van der Waals surface area contributed by atoms with Crippen molar-refractivity contribution in [2.24, 2.45) is 5.73 Å². The molecule has 1 rings (SSSR count). The third-order valence-corrected chi connectivity index (χ3v) is 3.08. The van der Waals surface area contributed by atoms with Gasteiger partial charge < -0.3 is 20.1 Å². The van der Waals surface area contributed by atoms with E-state index >= 15 is 0 Å². The lowest BCUT2D eigenvalue weighted by molar-refractivity contribution is -0.132. The van der Waals surface area contributed by atoms with Gasteiger partial charge in [-0.05, 0) is 27.7 Å². The van der Waals surface area contributed by atoms with Crippen LogP contribution in [0.4, 0.5) is 4.79 Å². The van der Waals surface area contributed by atoms with E-state index in [0.717, 1.165) is 0 Å². The number of carbonyl (C=O) groups is 2. The fourth-order valence-electron chi connectivity index (χ4n) is 2.01. The van der Waals surface area contributed by atoms with E-state index in [4.69, 9.17) is 15.9 Å². The summed E-state index contributed by atoms with van der Waals surface area (Å²) in [6.07, 6.45) is -0.105. The Morgan fingerprint density at radius 1 is 1.38 bits per heavy atom. The van der Waals surface area contributed by atoms with Crippen molar-refractivity contribution >= 4 is 17.8 Å². The van der Waals surface area contributed by atoms with Crippen molar-refractivity contribution in [3.63, 3.8) is 0 Å². The Hall–Kier alpha value is -2.05. The molecule has 1 unspecified atom stereocenters. The van der Waals surface area contributed by atoms with Crippen molar-refractivity contribution in [2.45, 2.75) is 45.8 Å². The number of nitrogens with two attached hydrogens (primary N) is 1. The normalized spacial score (nSPS) is 19.3. The molecule has 0 aromatic rings. The maximum absolute atomic E-state index is 12.2. The average Bonchev–Trinajstić information content (AvgIpc) is 2.34. The first-order valence-electron chi connectivity index (χ1n) is 6.71. The van der Waals surface area contributed by atoms with Crippen LogP contribution in [0.15, 0.2) is 11.3 Å². The molecule has 7 heteroatoms. The molecular weight excluding hydrogens is 274 g/mol. The second kappa shape index (κ2) is 6.15. The molecule has 118 valence electrons. The van der Waals surface area contributed by atoms with E-state index in [1.807, 2.05) is 6.92 Å². The third-order valence-electron chi connectivity index (χ3n) is 3.08. The van der Waals surface area contributed by atoms with E-state index in [9.17, 15) is 9.59 Å². The summed E-state index contributed by atoms with van der Waals surface area (Å²) < 4.78 is 9.86. The molecule has 0 radical (unpaired) electrons. The maximum atomic E-state index is 12.2. The van der Waals surface area contributed by atoms with Gasteiger partial charge in [0.05, 0.1) is 13.7 Å². The van der Waals surface area contributed by atoms with Gasteiger partial charge in [-0.15, -0.1) is 0 Å². The molecule has 0 aromatic carbocycles. The molecule has 0 saturated carbocycles. The van der Waals surface area contributed by atoms with Gasteiger partial charge >= 0.3 is 12.1 Å². The Bertz CT molecular complexity index is 491. The molecule has 1 heterocycles.